The Balaban J connectivity index is 1.98. The molecule has 1 unspecified atom stereocenters. The third-order valence-electron chi connectivity index (χ3n) is 2.65. The standard InChI is InChI=1S/C12H16N4O/c1-16-14-12(13-15-16)8-11(9-17)7-10-5-3-2-4-6-10/h2-6,11,17H,7-9H2,1H3. The maximum Gasteiger partial charge on any atom is 0.175 e. The Hall–Kier alpha value is -1.75. The van der Waals surface area contributed by atoms with Crippen molar-refractivity contribution in [3.63, 3.8) is 0 Å². The summed E-state index contributed by atoms with van der Waals surface area (Å²) in [6.45, 7) is 0.132. The highest BCUT2D eigenvalue weighted by molar-refractivity contribution is 5.15. The summed E-state index contributed by atoms with van der Waals surface area (Å²) in [6, 6.07) is 10.1. The molecule has 0 fully saturated rings. The molecule has 0 saturated carbocycles. The molecule has 0 bridgehead atoms. The number of aliphatic hydroxyl groups excluding tert-OH is 1. The Bertz CT molecular complexity index is 455. The highest BCUT2D eigenvalue weighted by Gasteiger charge is 2.12. The van der Waals surface area contributed by atoms with Gasteiger partial charge in [0.15, 0.2) is 5.82 Å². The maximum atomic E-state index is 9.37. The molecular formula is C12H16N4O. The molecule has 17 heavy (non-hydrogen) atoms. The zero-order valence-electron chi connectivity index (χ0n) is 9.82. The Kier molecular flexibility index (Phi) is 3.82. The molecule has 1 N–H and O–H groups in total. The fourth-order valence-electron chi connectivity index (χ4n) is 1.81. The quantitative estimate of drug-likeness (QED) is 0.820. The molecule has 0 aliphatic rings. The lowest BCUT2D eigenvalue weighted by Gasteiger charge is -2.11. The lowest BCUT2D eigenvalue weighted by atomic mass is 9.97. The molecule has 5 nitrogen and oxygen atoms in total. The third kappa shape index (κ3) is 3.35. The maximum absolute atomic E-state index is 9.37. The van der Waals surface area contributed by atoms with Crippen molar-refractivity contribution in [3.8, 4) is 0 Å². The second-order valence-corrected chi connectivity index (χ2v) is 4.14. The molecule has 5 heteroatoms. The van der Waals surface area contributed by atoms with Crippen LogP contribution >= 0.6 is 0 Å². The van der Waals surface area contributed by atoms with Gasteiger partial charge in [0.1, 0.15) is 0 Å². The molecule has 1 heterocycles. The highest BCUT2D eigenvalue weighted by atomic mass is 16.3. The minimum atomic E-state index is 0.132. The first-order chi connectivity index (χ1) is 8.28. The number of rotatable bonds is 5. The minimum Gasteiger partial charge on any atom is -0.396 e. The summed E-state index contributed by atoms with van der Waals surface area (Å²) in [5.74, 6) is 0.823. The van der Waals surface area contributed by atoms with Gasteiger partial charge in [0.25, 0.3) is 0 Å². The molecule has 0 saturated heterocycles. The van der Waals surface area contributed by atoms with Crippen LogP contribution in [0.25, 0.3) is 0 Å². The Morgan fingerprint density at radius 1 is 1.24 bits per heavy atom. The van der Waals surface area contributed by atoms with Crippen molar-refractivity contribution in [3.05, 3.63) is 41.7 Å². The van der Waals surface area contributed by atoms with Gasteiger partial charge in [-0.3, -0.25) is 0 Å². The van der Waals surface area contributed by atoms with E-state index in [1.54, 1.807) is 7.05 Å². The van der Waals surface area contributed by atoms with Crippen molar-refractivity contribution >= 4 is 0 Å². The van der Waals surface area contributed by atoms with Gasteiger partial charge in [0.2, 0.25) is 0 Å². The first kappa shape index (κ1) is 11.7. The van der Waals surface area contributed by atoms with Crippen molar-refractivity contribution in [1.82, 2.24) is 20.2 Å². The molecule has 0 amide bonds. The van der Waals surface area contributed by atoms with E-state index >= 15 is 0 Å². The number of aliphatic hydroxyl groups is 1. The summed E-state index contributed by atoms with van der Waals surface area (Å²) in [7, 11) is 1.74. The Morgan fingerprint density at radius 3 is 2.59 bits per heavy atom. The average molecular weight is 232 g/mol. The van der Waals surface area contributed by atoms with Crippen LogP contribution in [-0.4, -0.2) is 31.9 Å². The number of benzene rings is 1. The van der Waals surface area contributed by atoms with Crippen molar-refractivity contribution in [2.75, 3.05) is 6.61 Å². The zero-order valence-corrected chi connectivity index (χ0v) is 9.82. The fraction of sp³-hybridized carbons (Fsp3) is 0.417. The van der Waals surface area contributed by atoms with Crippen molar-refractivity contribution in [1.29, 1.82) is 0 Å². The predicted molar refractivity (Wildman–Crippen MR) is 63.2 cm³/mol. The zero-order chi connectivity index (χ0) is 12.1. The number of nitrogens with zero attached hydrogens (tertiary/aromatic N) is 4. The monoisotopic (exact) mass is 232 g/mol. The normalized spacial score (nSPS) is 12.6. The fourth-order valence-corrected chi connectivity index (χ4v) is 1.81. The molecule has 90 valence electrons. The van der Waals surface area contributed by atoms with E-state index in [1.165, 1.54) is 10.4 Å². The summed E-state index contributed by atoms with van der Waals surface area (Å²) < 4.78 is 0. The summed E-state index contributed by atoms with van der Waals surface area (Å²) in [5.41, 5.74) is 1.22. The highest BCUT2D eigenvalue weighted by Crippen LogP contribution is 2.11. The predicted octanol–water partition coefficient (Wildman–Crippen LogP) is 0.604. The van der Waals surface area contributed by atoms with E-state index in [9.17, 15) is 5.11 Å². The van der Waals surface area contributed by atoms with E-state index in [4.69, 9.17) is 0 Å². The number of hydrogen-bond donors (Lipinski definition) is 1. The Labute approximate surface area is 100 Å². The first-order valence-corrected chi connectivity index (χ1v) is 5.65. The van der Waals surface area contributed by atoms with Crippen LogP contribution in [0.3, 0.4) is 0 Å². The summed E-state index contributed by atoms with van der Waals surface area (Å²) in [6.07, 6.45) is 1.48. The van der Waals surface area contributed by atoms with Gasteiger partial charge in [-0.05, 0) is 23.1 Å². The van der Waals surface area contributed by atoms with Crippen molar-refractivity contribution in [2.24, 2.45) is 13.0 Å². The molecule has 2 rings (SSSR count). The number of hydrogen-bond acceptors (Lipinski definition) is 4. The smallest absolute Gasteiger partial charge is 0.175 e. The number of aryl methyl sites for hydroxylation is 1. The van der Waals surface area contributed by atoms with Gasteiger partial charge < -0.3 is 5.11 Å². The minimum absolute atomic E-state index is 0.132. The average Bonchev–Trinajstić information content (AvgIpc) is 2.75. The van der Waals surface area contributed by atoms with Crippen LogP contribution in [0.5, 0.6) is 0 Å². The molecule has 2 aromatic rings. The topological polar surface area (TPSA) is 63.8 Å². The van der Waals surface area contributed by atoms with Gasteiger partial charge in [-0.1, -0.05) is 30.3 Å². The Morgan fingerprint density at radius 2 is 2.00 bits per heavy atom. The van der Waals surface area contributed by atoms with E-state index in [2.05, 4.69) is 27.5 Å². The van der Waals surface area contributed by atoms with Crippen LogP contribution in [0.2, 0.25) is 0 Å². The van der Waals surface area contributed by atoms with E-state index in [0.29, 0.717) is 12.2 Å². The molecule has 1 aromatic carbocycles. The lowest BCUT2D eigenvalue weighted by molar-refractivity contribution is 0.223. The largest absolute Gasteiger partial charge is 0.396 e. The third-order valence-corrected chi connectivity index (χ3v) is 2.65. The van der Waals surface area contributed by atoms with Gasteiger partial charge in [0, 0.05) is 13.0 Å². The molecule has 1 aromatic heterocycles. The number of tetrazole rings is 1. The van der Waals surface area contributed by atoms with Gasteiger partial charge in [0.05, 0.1) is 7.05 Å². The van der Waals surface area contributed by atoms with Gasteiger partial charge in [-0.2, -0.15) is 4.80 Å². The first-order valence-electron chi connectivity index (χ1n) is 5.65. The summed E-state index contributed by atoms with van der Waals surface area (Å²) in [4.78, 5) is 1.44. The van der Waals surface area contributed by atoms with Gasteiger partial charge >= 0.3 is 0 Å². The summed E-state index contributed by atoms with van der Waals surface area (Å²) in [5, 5.41) is 21.2. The van der Waals surface area contributed by atoms with Gasteiger partial charge in [-0.15, -0.1) is 10.2 Å². The molecule has 1 atom stereocenters. The molecule has 0 spiro atoms. The summed E-state index contributed by atoms with van der Waals surface area (Å²) >= 11 is 0. The van der Waals surface area contributed by atoms with Crippen LogP contribution < -0.4 is 0 Å². The second kappa shape index (κ2) is 5.54. The van der Waals surface area contributed by atoms with Crippen LogP contribution in [0, 0.1) is 5.92 Å². The lowest BCUT2D eigenvalue weighted by Crippen LogP contribution is -2.14. The molecule has 0 aliphatic heterocycles. The van der Waals surface area contributed by atoms with Gasteiger partial charge in [-0.25, -0.2) is 0 Å². The van der Waals surface area contributed by atoms with Crippen LogP contribution in [0.15, 0.2) is 30.3 Å². The van der Waals surface area contributed by atoms with Crippen molar-refractivity contribution < 1.29 is 5.11 Å². The molecule has 0 aliphatic carbocycles. The second-order valence-electron chi connectivity index (χ2n) is 4.14. The van der Waals surface area contributed by atoms with E-state index in [-0.39, 0.29) is 12.5 Å². The van der Waals surface area contributed by atoms with E-state index < -0.39 is 0 Å². The van der Waals surface area contributed by atoms with Crippen LogP contribution in [-0.2, 0) is 19.9 Å². The van der Waals surface area contributed by atoms with E-state index in [1.807, 2.05) is 18.2 Å². The van der Waals surface area contributed by atoms with Crippen LogP contribution in [0.1, 0.15) is 11.4 Å². The SMILES string of the molecule is Cn1nnc(CC(CO)Cc2ccccc2)n1. The number of aromatic nitrogens is 4. The van der Waals surface area contributed by atoms with E-state index in [0.717, 1.165) is 6.42 Å². The van der Waals surface area contributed by atoms with Crippen molar-refractivity contribution in [2.45, 2.75) is 12.8 Å². The molecular weight excluding hydrogens is 216 g/mol. The van der Waals surface area contributed by atoms with Crippen LogP contribution in [0.4, 0.5) is 0 Å². The molecule has 0 radical (unpaired) electrons.